The zero-order valence-electron chi connectivity index (χ0n) is 21.6. The molecule has 0 bridgehead atoms. The summed E-state index contributed by atoms with van der Waals surface area (Å²) in [6.45, 7) is 2.32. The molecule has 3 aromatic carbocycles. The first-order valence-electron chi connectivity index (χ1n) is 12.4. The maximum absolute atomic E-state index is 11.9. The van der Waals surface area contributed by atoms with Crippen LogP contribution in [0, 0.1) is 0 Å². The van der Waals surface area contributed by atoms with Crippen molar-refractivity contribution in [3.8, 4) is 0 Å². The van der Waals surface area contributed by atoms with Gasteiger partial charge >= 0.3 is 11.9 Å². The summed E-state index contributed by atoms with van der Waals surface area (Å²) in [7, 11) is 1.38. The normalized spacial score (nSPS) is 23.4. The van der Waals surface area contributed by atoms with Gasteiger partial charge in [0.1, 0.15) is 17.8 Å². The Morgan fingerprint density at radius 1 is 0.763 bits per heavy atom. The highest BCUT2D eigenvalue weighted by Gasteiger charge is 2.50. The van der Waals surface area contributed by atoms with Crippen molar-refractivity contribution in [2.45, 2.75) is 50.2 Å². The molecule has 38 heavy (non-hydrogen) atoms. The highest BCUT2D eigenvalue weighted by Crippen LogP contribution is 2.41. The van der Waals surface area contributed by atoms with E-state index in [1.807, 2.05) is 91.0 Å². The summed E-state index contributed by atoms with van der Waals surface area (Å²) in [5, 5.41) is 11.3. The third-order valence-electron chi connectivity index (χ3n) is 6.46. The van der Waals surface area contributed by atoms with Gasteiger partial charge in [0.05, 0.1) is 6.61 Å². The largest absolute Gasteiger partial charge is 0.455 e. The fraction of sp³-hybridized carbons (Fsp3) is 0.333. The molecule has 4 rings (SSSR count). The maximum Gasteiger partial charge on any atom is 0.303 e. The highest BCUT2D eigenvalue weighted by molar-refractivity contribution is 5.67. The molecule has 1 saturated heterocycles. The van der Waals surface area contributed by atoms with Crippen LogP contribution in [0.4, 0.5) is 0 Å². The molecule has 1 aliphatic heterocycles. The Hall–Kier alpha value is -3.56. The Kier molecular flexibility index (Phi) is 8.91. The second kappa shape index (κ2) is 12.3. The first-order valence-corrected chi connectivity index (χ1v) is 12.4. The molecule has 1 heterocycles. The van der Waals surface area contributed by atoms with E-state index in [1.54, 1.807) is 0 Å². The summed E-state index contributed by atoms with van der Waals surface area (Å²) in [4.78, 5) is 23.6. The van der Waals surface area contributed by atoms with Crippen LogP contribution in [0.2, 0.25) is 0 Å². The molecule has 1 aliphatic rings. The summed E-state index contributed by atoms with van der Waals surface area (Å²) in [5.41, 5.74) is 1.57. The molecule has 3 aromatic rings. The third kappa shape index (κ3) is 5.79. The summed E-state index contributed by atoms with van der Waals surface area (Å²) in [5.74, 6) is -1.27. The average molecular weight is 521 g/mol. The molecule has 1 N–H and O–H groups in total. The second-order valence-electron chi connectivity index (χ2n) is 9.01. The molecule has 0 amide bonds. The topological polar surface area (TPSA) is 101 Å². The molecule has 0 radical (unpaired) electrons. The van der Waals surface area contributed by atoms with Crippen LogP contribution in [-0.4, -0.2) is 61.5 Å². The van der Waals surface area contributed by atoms with Gasteiger partial charge in [-0.1, -0.05) is 91.0 Å². The van der Waals surface area contributed by atoms with Crippen LogP contribution in [0.5, 0.6) is 0 Å². The van der Waals surface area contributed by atoms with E-state index in [0.717, 1.165) is 16.7 Å². The van der Waals surface area contributed by atoms with Crippen molar-refractivity contribution in [1.82, 2.24) is 0 Å². The molecule has 0 aromatic heterocycles. The van der Waals surface area contributed by atoms with E-state index in [2.05, 4.69) is 0 Å². The van der Waals surface area contributed by atoms with Gasteiger partial charge < -0.3 is 28.8 Å². The zero-order valence-corrected chi connectivity index (χ0v) is 21.6. The lowest BCUT2D eigenvalue weighted by Gasteiger charge is -2.44. The number of methoxy groups -OCH3 is 1. The first-order chi connectivity index (χ1) is 18.4. The minimum atomic E-state index is -1.37. The fourth-order valence-corrected chi connectivity index (χ4v) is 4.84. The number of esters is 2. The van der Waals surface area contributed by atoms with Crippen LogP contribution in [0.3, 0.4) is 0 Å². The SMILES string of the molecule is CO[C@@H]1O[C@H](COC(c2ccccc2)(c2ccccc2)c2ccccc2)[C@@H](O)[C@H](OC(C)=O)[C@H]1OC(C)=O. The number of hydrogen-bond acceptors (Lipinski definition) is 8. The molecular formula is C30H32O8. The number of aliphatic hydroxyl groups is 1. The molecular weight excluding hydrogens is 488 g/mol. The third-order valence-corrected chi connectivity index (χ3v) is 6.46. The predicted molar refractivity (Wildman–Crippen MR) is 138 cm³/mol. The summed E-state index contributed by atoms with van der Waals surface area (Å²) in [6.07, 6.45) is -5.82. The number of carbonyl (C=O) groups excluding carboxylic acids is 2. The number of rotatable bonds is 9. The molecule has 0 spiro atoms. The van der Waals surface area contributed by atoms with Gasteiger partial charge in [0, 0.05) is 21.0 Å². The van der Waals surface area contributed by atoms with Gasteiger partial charge in [0.15, 0.2) is 18.5 Å². The highest BCUT2D eigenvalue weighted by atomic mass is 16.7. The number of aliphatic hydroxyl groups excluding tert-OH is 1. The Bertz CT molecular complexity index is 1090. The van der Waals surface area contributed by atoms with E-state index in [1.165, 1.54) is 21.0 Å². The van der Waals surface area contributed by atoms with Gasteiger partial charge in [-0.05, 0) is 16.7 Å². The van der Waals surface area contributed by atoms with E-state index >= 15 is 0 Å². The predicted octanol–water partition coefficient (Wildman–Crippen LogP) is 3.59. The van der Waals surface area contributed by atoms with E-state index in [9.17, 15) is 14.7 Å². The Morgan fingerprint density at radius 3 is 1.58 bits per heavy atom. The van der Waals surface area contributed by atoms with Crippen molar-refractivity contribution in [3.05, 3.63) is 108 Å². The molecule has 0 saturated carbocycles. The van der Waals surface area contributed by atoms with E-state index in [-0.39, 0.29) is 6.61 Å². The molecule has 200 valence electrons. The number of hydrogen-bond donors (Lipinski definition) is 1. The molecule has 1 fully saturated rings. The molecule has 0 unspecified atom stereocenters. The fourth-order valence-electron chi connectivity index (χ4n) is 4.84. The Morgan fingerprint density at radius 2 is 1.18 bits per heavy atom. The zero-order chi connectivity index (χ0) is 27.1. The van der Waals surface area contributed by atoms with Gasteiger partial charge in [-0.2, -0.15) is 0 Å². The maximum atomic E-state index is 11.9. The molecule has 8 nitrogen and oxygen atoms in total. The second-order valence-corrected chi connectivity index (χ2v) is 9.01. The summed E-state index contributed by atoms with van der Waals surface area (Å²) in [6, 6.07) is 29.3. The van der Waals surface area contributed by atoms with Crippen LogP contribution in [0.1, 0.15) is 30.5 Å². The average Bonchev–Trinajstić information content (AvgIpc) is 2.93. The Balaban J connectivity index is 1.74. The van der Waals surface area contributed by atoms with Crippen LogP contribution in [0.15, 0.2) is 91.0 Å². The number of carbonyl (C=O) groups is 2. The van der Waals surface area contributed by atoms with Crippen LogP contribution in [0.25, 0.3) is 0 Å². The molecule has 8 heteroatoms. The van der Waals surface area contributed by atoms with Crippen molar-refractivity contribution in [3.63, 3.8) is 0 Å². The monoisotopic (exact) mass is 520 g/mol. The standard InChI is InChI=1S/C30H32O8/c1-20(31)36-27-26(33)25(38-29(34-3)28(27)37-21(2)32)19-35-30(22-13-7-4-8-14-22,23-15-9-5-10-16-23)24-17-11-6-12-18-24/h4-18,25-29,33H,19H2,1-3H3/t25-,26-,27+,28-,29-/m1/s1. The van der Waals surface area contributed by atoms with E-state index < -0.39 is 48.2 Å². The number of benzene rings is 3. The van der Waals surface area contributed by atoms with Crippen LogP contribution < -0.4 is 0 Å². The van der Waals surface area contributed by atoms with Crippen LogP contribution >= 0.6 is 0 Å². The van der Waals surface area contributed by atoms with Gasteiger partial charge in [-0.25, -0.2) is 0 Å². The minimum Gasteiger partial charge on any atom is -0.455 e. The van der Waals surface area contributed by atoms with Crippen molar-refractivity contribution >= 4 is 11.9 Å². The van der Waals surface area contributed by atoms with Gasteiger partial charge in [-0.3, -0.25) is 9.59 Å². The summed E-state index contributed by atoms with van der Waals surface area (Å²) < 4.78 is 28.9. The van der Waals surface area contributed by atoms with Crippen molar-refractivity contribution < 1.29 is 38.4 Å². The van der Waals surface area contributed by atoms with Crippen molar-refractivity contribution in [2.24, 2.45) is 0 Å². The lowest BCUT2D eigenvalue weighted by molar-refractivity contribution is -0.304. The van der Waals surface area contributed by atoms with Crippen molar-refractivity contribution in [2.75, 3.05) is 13.7 Å². The molecule has 0 aliphatic carbocycles. The van der Waals surface area contributed by atoms with Gasteiger partial charge in [-0.15, -0.1) is 0 Å². The Labute approximate surface area is 222 Å². The quantitative estimate of drug-likeness (QED) is 0.338. The van der Waals surface area contributed by atoms with Gasteiger partial charge in [0.2, 0.25) is 0 Å². The lowest BCUT2D eigenvalue weighted by atomic mass is 9.80. The van der Waals surface area contributed by atoms with Gasteiger partial charge in [0.25, 0.3) is 0 Å². The molecule has 5 atom stereocenters. The number of ether oxygens (including phenoxy) is 5. The lowest BCUT2D eigenvalue weighted by Crippen LogP contribution is -2.61. The smallest absolute Gasteiger partial charge is 0.303 e. The van der Waals surface area contributed by atoms with Crippen molar-refractivity contribution in [1.29, 1.82) is 0 Å². The van der Waals surface area contributed by atoms with E-state index in [0.29, 0.717) is 0 Å². The summed E-state index contributed by atoms with van der Waals surface area (Å²) >= 11 is 0. The first kappa shape index (κ1) is 27.5. The minimum absolute atomic E-state index is 0.107. The van der Waals surface area contributed by atoms with E-state index in [4.69, 9.17) is 23.7 Å². The van der Waals surface area contributed by atoms with Crippen LogP contribution in [-0.2, 0) is 38.9 Å².